The number of nitrogens with zero attached hydrogens (tertiary/aromatic N) is 2. The molecule has 6 heteroatoms. The summed E-state index contributed by atoms with van der Waals surface area (Å²) in [6.07, 6.45) is 0.851. The molecule has 0 saturated heterocycles. The minimum atomic E-state index is 0.475. The molecule has 0 saturated carbocycles. The monoisotopic (exact) mass is 285 g/mol. The summed E-state index contributed by atoms with van der Waals surface area (Å²) in [5, 5.41) is 0.714. The highest BCUT2D eigenvalue weighted by molar-refractivity contribution is 8.01. The van der Waals surface area contributed by atoms with E-state index in [4.69, 9.17) is 17.3 Å². The van der Waals surface area contributed by atoms with Gasteiger partial charge in [-0.3, -0.25) is 0 Å². The van der Waals surface area contributed by atoms with Crippen molar-refractivity contribution in [2.45, 2.75) is 29.1 Å². The predicted octanol–water partition coefficient (Wildman–Crippen LogP) is 3.36. The summed E-state index contributed by atoms with van der Waals surface area (Å²) in [5.74, 6) is 0.874. The van der Waals surface area contributed by atoms with Gasteiger partial charge in [-0.05, 0) is 23.2 Å². The third-order valence-electron chi connectivity index (χ3n) is 2.22. The van der Waals surface area contributed by atoms with Crippen molar-refractivity contribution in [1.29, 1.82) is 0 Å². The van der Waals surface area contributed by atoms with E-state index in [0.29, 0.717) is 11.6 Å². The zero-order chi connectivity index (χ0) is 12.3. The average Bonchev–Trinajstić information content (AvgIpc) is 2.79. The maximum absolute atomic E-state index is 6.18. The number of rotatable bonds is 4. The van der Waals surface area contributed by atoms with Gasteiger partial charge >= 0.3 is 0 Å². The first-order valence-corrected chi connectivity index (χ1v) is 7.19. The van der Waals surface area contributed by atoms with Crippen LogP contribution in [0.2, 0.25) is 5.02 Å². The molecule has 0 bridgehead atoms. The SMILES string of the molecule is CCc1nsc(Sc2c(Cl)cccc2CN)n1. The topological polar surface area (TPSA) is 51.8 Å². The Morgan fingerprint density at radius 1 is 1.47 bits per heavy atom. The molecule has 3 nitrogen and oxygen atoms in total. The number of hydrogen-bond acceptors (Lipinski definition) is 5. The van der Waals surface area contributed by atoms with Crippen LogP contribution in [0.5, 0.6) is 0 Å². The van der Waals surface area contributed by atoms with Gasteiger partial charge in [0.15, 0.2) is 4.34 Å². The van der Waals surface area contributed by atoms with Crippen molar-refractivity contribution >= 4 is 34.9 Å². The van der Waals surface area contributed by atoms with Crippen molar-refractivity contribution in [3.63, 3.8) is 0 Å². The van der Waals surface area contributed by atoms with E-state index in [1.807, 2.05) is 25.1 Å². The van der Waals surface area contributed by atoms with Gasteiger partial charge < -0.3 is 5.73 Å². The van der Waals surface area contributed by atoms with Crippen LogP contribution in [0.4, 0.5) is 0 Å². The van der Waals surface area contributed by atoms with Crippen LogP contribution in [0.3, 0.4) is 0 Å². The number of nitrogens with two attached hydrogens (primary N) is 1. The second-order valence-corrected chi connectivity index (χ2v) is 5.78. The van der Waals surface area contributed by atoms with Crippen molar-refractivity contribution in [3.8, 4) is 0 Å². The Balaban J connectivity index is 2.28. The maximum atomic E-state index is 6.18. The van der Waals surface area contributed by atoms with Crippen molar-refractivity contribution in [1.82, 2.24) is 9.36 Å². The molecule has 0 aliphatic carbocycles. The van der Waals surface area contributed by atoms with Crippen LogP contribution in [0.15, 0.2) is 27.4 Å². The van der Waals surface area contributed by atoms with Crippen molar-refractivity contribution < 1.29 is 0 Å². The van der Waals surface area contributed by atoms with Crippen molar-refractivity contribution in [2.75, 3.05) is 0 Å². The average molecular weight is 286 g/mol. The highest BCUT2D eigenvalue weighted by Gasteiger charge is 2.11. The van der Waals surface area contributed by atoms with Gasteiger partial charge in [-0.25, -0.2) is 4.98 Å². The minimum Gasteiger partial charge on any atom is -0.326 e. The van der Waals surface area contributed by atoms with Gasteiger partial charge in [0.2, 0.25) is 0 Å². The molecule has 0 aliphatic rings. The van der Waals surface area contributed by atoms with Crippen LogP contribution in [-0.2, 0) is 13.0 Å². The largest absolute Gasteiger partial charge is 0.326 e. The molecular weight excluding hydrogens is 274 g/mol. The summed E-state index contributed by atoms with van der Waals surface area (Å²) in [6, 6.07) is 5.76. The Kier molecular flexibility index (Phi) is 4.39. The van der Waals surface area contributed by atoms with Crippen LogP contribution < -0.4 is 5.73 Å². The molecule has 17 heavy (non-hydrogen) atoms. The van der Waals surface area contributed by atoms with Crippen LogP contribution in [0.25, 0.3) is 0 Å². The zero-order valence-corrected chi connectivity index (χ0v) is 11.7. The lowest BCUT2D eigenvalue weighted by Crippen LogP contribution is -1.98. The van der Waals surface area contributed by atoms with E-state index >= 15 is 0 Å². The molecule has 90 valence electrons. The van der Waals surface area contributed by atoms with Gasteiger partial charge in [0.1, 0.15) is 5.82 Å². The Morgan fingerprint density at radius 2 is 2.29 bits per heavy atom. The Hall–Kier alpha value is -0.620. The van der Waals surface area contributed by atoms with Crippen molar-refractivity contribution in [2.24, 2.45) is 5.73 Å². The van der Waals surface area contributed by atoms with E-state index in [9.17, 15) is 0 Å². The van der Waals surface area contributed by atoms with Crippen LogP contribution >= 0.6 is 34.9 Å². The van der Waals surface area contributed by atoms with E-state index in [1.165, 1.54) is 23.3 Å². The van der Waals surface area contributed by atoms with E-state index in [2.05, 4.69) is 9.36 Å². The fourth-order valence-electron chi connectivity index (χ4n) is 1.34. The molecule has 0 atom stereocenters. The first-order valence-electron chi connectivity index (χ1n) is 5.22. The van der Waals surface area contributed by atoms with Gasteiger partial charge in [0.05, 0.1) is 5.02 Å². The van der Waals surface area contributed by atoms with Crippen LogP contribution in [-0.4, -0.2) is 9.36 Å². The van der Waals surface area contributed by atoms with E-state index in [0.717, 1.165) is 27.0 Å². The second kappa shape index (κ2) is 5.82. The summed E-state index contributed by atoms with van der Waals surface area (Å²) in [7, 11) is 0. The van der Waals surface area contributed by atoms with Gasteiger partial charge in [-0.1, -0.05) is 42.4 Å². The summed E-state index contributed by atoms with van der Waals surface area (Å²) < 4.78 is 5.16. The molecule has 1 aromatic carbocycles. The van der Waals surface area contributed by atoms with Gasteiger partial charge in [0.25, 0.3) is 0 Å². The Labute approximate surface area is 114 Å². The summed E-state index contributed by atoms with van der Waals surface area (Å²) in [4.78, 5) is 5.39. The van der Waals surface area contributed by atoms with Crippen LogP contribution in [0.1, 0.15) is 18.3 Å². The molecule has 0 radical (unpaired) electrons. The standard InChI is InChI=1S/C11H12ClN3S2/c1-2-9-14-11(17-15-9)16-10-7(6-13)4-3-5-8(10)12/h3-5H,2,6,13H2,1H3. The normalized spacial score (nSPS) is 10.8. The van der Waals surface area contributed by atoms with Gasteiger partial charge in [0, 0.05) is 17.9 Å². The number of aromatic nitrogens is 2. The molecule has 0 fully saturated rings. The number of aryl methyl sites for hydroxylation is 1. The second-order valence-electron chi connectivity index (χ2n) is 3.36. The number of hydrogen-bond donors (Lipinski definition) is 1. The first kappa shape index (κ1) is 12.8. The first-order chi connectivity index (χ1) is 8.24. The lowest BCUT2D eigenvalue weighted by molar-refractivity contribution is 0.970. The minimum absolute atomic E-state index is 0.475. The maximum Gasteiger partial charge on any atom is 0.174 e. The molecular formula is C11H12ClN3S2. The quantitative estimate of drug-likeness (QED) is 0.936. The zero-order valence-electron chi connectivity index (χ0n) is 9.31. The fraction of sp³-hybridized carbons (Fsp3) is 0.273. The van der Waals surface area contributed by atoms with E-state index in [1.54, 1.807) is 0 Å². The summed E-state index contributed by atoms with van der Waals surface area (Å²) in [5.41, 5.74) is 6.74. The highest BCUT2D eigenvalue weighted by atomic mass is 35.5. The lowest BCUT2D eigenvalue weighted by atomic mass is 10.2. The third-order valence-corrected chi connectivity index (χ3v) is 4.63. The van der Waals surface area contributed by atoms with E-state index in [-0.39, 0.29) is 0 Å². The Morgan fingerprint density at radius 3 is 2.94 bits per heavy atom. The molecule has 0 amide bonds. The molecule has 2 rings (SSSR count). The van der Waals surface area contributed by atoms with Crippen molar-refractivity contribution in [3.05, 3.63) is 34.6 Å². The molecule has 0 aliphatic heterocycles. The molecule has 1 heterocycles. The van der Waals surface area contributed by atoms with E-state index < -0.39 is 0 Å². The molecule has 0 spiro atoms. The summed E-state index contributed by atoms with van der Waals surface area (Å²) >= 11 is 9.11. The smallest absolute Gasteiger partial charge is 0.174 e. The summed E-state index contributed by atoms with van der Waals surface area (Å²) in [6.45, 7) is 2.51. The predicted molar refractivity (Wildman–Crippen MR) is 72.8 cm³/mol. The molecule has 2 N–H and O–H groups in total. The van der Waals surface area contributed by atoms with Gasteiger partial charge in [-0.2, -0.15) is 4.37 Å². The number of halogens is 1. The molecule has 0 unspecified atom stereocenters. The van der Waals surface area contributed by atoms with Crippen LogP contribution in [0, 0.1) is 0 Å². The number of benzene rings is 1. The lowest BCUT2D eigenvalue weighted by Gasteiger charge is -2.06. The van der Waals surface area contributed by atoms with Gasteiger partial charge in [-0.15, -0.1) is 0 Å². The molecule has 1 aromatic heterocycles. The highest BCUT2D eigenvalue weighted by Crippen LogP contribution is 2.36. The third kappa shape index (κ3) is 2.98. The fourth-order valence-corrected chi connectivity index (χ4v) is 3.43. The molecule has 2 aromatic rings. The Bertz CT molecular complexity index is 513.